The molecule has 1 fully saturated rings. The van der Waals surface area contributed by atoms with Crippen molar-refractivity contribution in [2.45, 2.75) is 25.3 Å². The highest BCUT2D eigenvalue weighted by Gasteiger charge is 2.37. The highest BCUT2D eigenvalue weighted by molar-refractivity contribution is 6.07. The van der Waals surface area contributed by atoms with E-state index in [-0.39, 0.29) is 23.8 Å². The molecule has 20 heavy (non-hydrogen) atoms. The van der Waals surface area contributed by atoms with Crippen molar-refractivity contribution in [2.24, 2.45) is 0 Å². The van der Waals surface area contributed by atoms with E-state index in [1.54, 1.807) is 12.1 Å². The number of aromatic carboxylic acids is 1. The molecule has 3 rings (SSSR count). The van der Waals surface area contributed by atoms with Crippen molar-refractivity contribution in [3.05, 3.63) is 29.3 Å². The monoisotopic (exact) mass is 274 g/mol. The highest BCUT2D eigenvalue weighted by Crippen LogP contribution is 2.31. The van der Waals surface area contributed by atoms with Crippen molar-refractivity contribution in [3.63, 3.8) is 0 Å². The van der Waals surface area contributed by atoms with Crippen LogP contribution in [0.5, 0.6) is 0 Å². The Hall–Kier alpha value is -2.37. The van der Waals surface area contributed by atoms with Crippen LogP contribution in [0.3, 0.4) is 0 Å². The Bertz CT molecular complexity index is 611. The highest BCUT2D eigenvalue weighted by atomic mass is 16.4. The predicted octanol–water partition coefficient (Wildman–Crippen LogP) is 0.552. The van der Waals surface area contributed by atoms with E-state index in [2.05, 4.69) is 5.32 Å². The molecule has 2 heterocycles. The Labute approximate surface area is 115 Å². The molecule has 1 aromatic rings. The number of carboxylic acid groups (broad SMARTS) is 1. The summed E-state index contributed by atoms with van der Waals surface area (Å²) in [5, 5.41) is 11.3. The van der Waals surface area contributed by atoms with Gasteiger partial charge in [0, 0.05) is 12.2 Å². The average molecular weight is 274 g/mol. The van der Waals surface area contributed by atoms with Crippen LogP contribution in [0.4, 0.5) is 5.69 Å². The first-order valence-corrected chi connectivity index (χ1v) is 6.53. The molecule has 1 unspecified atom stereocenters. The van der Waals surface area contributed by atoms with Crippen molar-refractivity contribution in [1.29, 1.82) is 0 Å². The largest absolute Gasteiger partial charge is 0.478 e. The van der Waals surface area contributed by atoms with E-state index in [0.717, 1.165) is 24.1 Å². The van der Waals surface area contributed by atoms with Crippen LogP contribution < -0.4 is 10.2 Å². The molecular weight excluding hydrogens is 260 g/mol. The maximum atomic E-state index is 11.8. The molecule has 6 heteroatoms. The Morgan fingerprint density at radius 1 is 1.35 bits per heavy atom. The standard InChI is InChI=1S/C14H14N2O4/c17-12-7-11(13(18)15-12)16-5-1-2-8-6-9(14(19)20)3-4-10(8)16/h3-4,6,11H,1-2,5,7H2,(H,19,20)(H,15,17,18). The molecule has 1 atom stereocenters. The van der Waals surface area contributed by atoms with Crippen LogP contribution in [0.2, 0.25) is 0 Å². The van der Waals surface area contributed by atoms with Crippen LogP contribution in [-0.4, -0.2) is 35.5 Å². The molecular formula is C14H14N2O4. The summed E-state index contributed by atoms with van der Waals surface area (Å²) in [6.45, 7) is 0.699. The molecule has 1 saturated heterocycles. The maximum Gasteiger partial charge on any atom is 0.335 e. The Balaban J connectivity index is 1.96. The lowest BCUT2D eigenvalue weighted by atomic mass is 9.97. The summed E-state index contributed by atoms with van der Waals surface area (Å²) in [6.07, 6.45) is 1.79. The summed E-state index contributed by atoms with van der Waals surface area (Å²) in [6, 6.07) is 4.44. The molecule has 0 aromatic heterocycles. The normalized spacial score (nSPS) is 21.6. The van der Waals surface area contributed by atoms with Gasteiger partial charge in [-0.3, -0.25) is 14.9 Å². The fourth-order valence-corrected chi connectivity index (χ4v) is 2.87. The van der Waals surface area contributed by atoms with Crippen LogP contribution in [0, 0.1) is 0 Å². The van der Waals surface area contributed by atoms with Crippen molar-refractivity contribution < 1.29 is 19.5 Å². The summed E-state index contributed by atoms with van der Waals surface area (Å²) in [7, 11) is 0. The van der Waals surface area contributed by atoms with Crippen LogP contribution in [0.1, 0.15) is 28.8 Å². The zero-order valence-electron chi connectivity index (χ0n) is 10.8. The van der Waals surface area contributed by atoms with Gasteiger partial charge in [0.15, 0.2) is 0 Å². The second-order valence-corrected chi connectivity index (χ2v) is 5.08. The Kier molecular flexibility index (Phi) is 2.93. The van der Waals surface area contributed by atoms with Gasteiger partial charge in [-0.05, 0) is 36.6 Å². The van der Waals surface area contributed by atoms with Gasteiger partial charge in [-0.2, -0.15) is 0 Å². The zero-order chi connectivity index (χ0) is 14.3. The molecule has 1 aromatic carbocycles. The summed E-state index contributed by atoms with van der Waals surface area (Å²) in [5.41, 5.74) is 2.02. The Morgan fingerprint density at radius 3 is 2.80 bits per heavy atom. The van der Waals surface area contributed by atoms with Crippen LogP contribution in [0.25, 0.3) is 0 Å². The molecule has 104 valence electrons. The molecule has 0 saturated carbocycles. The summed E-state index contributed by atoms with van der Waals surface area (Å²) < 4.78 is 0. The second-order valence-electron chi connectivity index (χ2n) is 5.08. The smallest absolute Gasteiger partial charge is 0.335 e. The molecule has 0 spiro atoms. The van der Waals surface area contributed by atoms with Gasteiger partial charge >= 0.3 is 5.97 Å². The van der Waals surface area contributed by atoms with Gasteiger partial charge in [-0.15, -0.1) is 0 Å². The number of carbonyl (C=O) groups excluding carboxylic acids is 2. The first-order chi connectivity index (χ1) is 9.56. The average Bonchev–Trinajstić information content (AvgIpc) is 2.76. The number of fused-ring (bicyclic) bond motifs is 1. The number of carbonyl (C=O) groups is 3. The van der Waals surface area contributed by atoms with Crippen molar-refractivity contribution in [2.75, 3.05) is 11.4 Å². The van der Waals surface area contributed by atoms with E-state index in [9.17, 15) is 14.4 Å². The second kappa shape index (κ2) is 4.63. The number of imide groups is 1. The third-order valence-corrected chi connectivity index (χ3v) is 3.80. The lowest BCUT2D eigenvalue weighted by Crippen LogP contribution is -2.43. The third kappa shape index (κ3) is 2.03. The minimum absolute atomic E-state index is 0.166. The predicted molar refractivity (Wildman–Crippen MR) is 70.6 cm³/mol. The van der Waals surface area contributed by atoms with Gasteiger partial charge in [-0.1, -0.05) is 0 Å². The SMILES string of the molecule is O=C1CC(N2CCCc3cc(C(=O)O)ccc32)C(=O)N1. The van der Waals surface area contributed by atoms with Gasteiger partial charge in [0.05, 0.1) is 12.0 Å². The molecule has 0 radical (unpaired) electrons. The summed E-state index contributed by atoms with van der Waals surface area (Å²) >= 11 is 0. The number of rotatable bonds is 2. The van der Waals surface area contributed by atoms with Crippen LogP contribution in [0.15, 0.2) is 18.2 Å². The quantitative estimate of drug-likeness (QED) is 0.769. The first-order valence-electron chi connectivity index (χ1n) is 6.53. The lowest BCUT2D eigenvalue weighted by Gasteiger charge is -2.34. The number of nitrogens with one attached hydrogen (secondary N) is 1. The minimum Gasteiger partial charge on any atom is -0.478 e. The maximum absolute atomic E-state index is 11.8. The first kappa shape index (κ1) is 12.7. The van der Waals surface area contributed by atoms with Gasteiger partial charge in [0.1, 0.15) is 6.04 Å². The van der Waals surface area contributed by atoms with Crippen molar-refractivity contribution >= 4 is 23.5 Å². The number of nitrogens with zero attached hydrogens (tertiary/aromatic N) is 1. The van der Waals surface area contributed by atoms with E-state index in [1.165, 1.54) is 6.07 Å². The number of benzene rings is 1. The minimum atomic E-state index is -0.960. The number of amides is 2. The van der Waals surface area contributed by atoms with Gasteiger partial charge in [0.25, 0.3) is 0 Å². The fraction of sp³-hybridized carbons (Fsp3) is 0.357. The van der Waals surface area contributed by atoms with Crippen molar-refractivity contribution in [1.82, 2.24) is 5.32 Å². The van der Waals surface area contributed by atoms with Crippen LogP contribution >= 0.6 is 0 Å². The molecule has 0 bridgehead atoms. The van der Waals surface area contributed by atoms with Gasteiger partial charge in [0.2, 0.25) is 11.8 Å². The number of hydrogen-bond donors (Lipinski definition) is 2. The summed E-state index contributed by atoms with van der Waals surface area (Å²) in [4.78, 5) is 36.0. The number of anilines is 1. The number of aryl methyl sites for hydroxylation is 1. The zero-order valence-corrected chi connectivity index (χ0v) is 10.8. The molecule has 2 N–H and O–H groups in total. The molecule has 6 nitrogen and oxygen atoms in total. The molecule has 2 aliphatic heterocycles. The molecule has 2 aliphatic rings. The van der Waals surface area contributed by atoms with E-state index in [0.29, 0.717) is 6.54 Å². The topological polar surface area (TPSA) is 86.7 Å². The van der Waals surface area contributed by atoms with Gasteiger partial charge < -0.3 is 10.0 Å². The molecule has 0 aliphatic carbocycles. The Morgan fingerprint density at radius 2 is 2.15 bits per heavy atom. The van der Waals surface area contributed by atoms with E-state index in [1.807, 2.05) is 4.90 Å². The lowest BCUT2D eigenvalue weighted by molar-refractivity contribution is -0.125. The molecule has 2 amide bonds. The van der Waals surface area contributed by atoms with Gasteiger partial charge in [-0.25, -0.2) is 4.79 Å². The third-order valence-electron chi connectivity index (χ3n) is 3.80. The van der Waals surface area contributed by atoms with E-state index in [4.69, 9.17) is 5.11 Å². The number of hydrogen-bond acceptors (Lipinski definition) is 4. The van der Waals surface area contributed by atoms with E-state index < -0.39 is 12.0 Å². The fourth-order valence-electron chi connectivity index (χ4n) is 2.87. The van der Waals surface area contributed by atoms with Crippen molar-refractivity contribution in [3.8, 4) is 0 Å². The van der Waals surface area contributed by atoms with Crippen LogP contribution in [-0.2, 0) is 16.0 Å². The summed E-state index contributed by atoms with van der Waals surface area (Å²) in [5.74, 6) is -1.49. The van der Waals surface area contributed by atoms with E-state index >= 15 is 0 Å². The number of carboxylic acids is 1.